The SMILES string of the molecule is CCN(C)C(C)OC=O. The van der Waals surface area contributed by atoms with Gasteiger partial charge < -0.3 is 4.74 Å². The standard InChI is InChI=1S/C6H13NO2/c1-4-7(3)6(2)9-5-8/h5-6H,4H2,1-3H3. The molecule has 0 radical (unpaired) electrons. The molecule has 0 aliphatic heterocycles. The molecule has 0 rings (SSSR count). The van der Waals surface area contributed by atoms with Crippen LogP contribution in [0.3, 0.4) is 0 Å². The fourth-order valence-corrected chi connectivity index (χ4v) is 0.441. The molecular weight excluding hydrogens is 118 g/mol. The van der Waals surface area contributed by atoms with Gasteiger partial charge in [0.25, 0.3) is 6.47 Å². The maximum Gasteiger partial charge on any atom is 0.294 e. The van der Waals surface area contributed by atoms with Gasteiger partial charge in [-0.25, -0.2) is 0 Å². The van der Waals surface area contributed by atoms with Gasteiger partial charge in [0, 0.05) is 0 Å². The van der Waals surface area contributed by atoms with Crippen LogP contribution in [0.15, 0.2) is 0 Å². The summed E-state index contributed by atoms with van der Waals surface area (Å²) in [5.41, 5.74) is 0. The van der Waals surface area contributed by atoms with E-state index in [0.29, 0.717) is 6.47 Å². The molecule has 0 N–H and O–H groups in total. The first-order chi connectivity index (χ1) is 4.22. The van der Waals surface area contributed by atoms with Crippen molar-refractivity contribution in [2.75, 3.05) is 13.6 Å². The molecule has 3 heteroatoms. The van der Waals surface area contributed by atoms with Gasteiger partial charge in [0.05, 0.1) is 0 Å². The van der Waals surface area contributed by atoms with Crippen LogP contribution in [-0.2, 0) is 9.53 Å². The van der Waals surface area contributed by atoms with Crippen LogP contribution in [0.2, 0.25) is 0 Å². The molecule has 0 aromatic carbocycles. The van der Waals surface area contributed by atoms with E-state index >= 15 is 0 Å². The van der Waals surface area contributed by atoms with Gasteiger partial charge in [0.15, 0.2) is 6.23 Å². The van der Waals surface area contributed by atoms with Gasteiger partial charge in [0.2, 0.25) is 0 Å². The third-order valence-electron chi connectivity index (χ3n) is 1.37. The highest BCUT2D eigenvalue weighted by atomic mass is 16.5. The molecule has 0 aliphatic rings. The highest BCUT2D eigenvalue weighted by molar-refractivity contribution is 5.37. The number of hydrogen-bond acceptors (Lipinski definition) is 3. The molecule has 1 atom stereocenters. The van der Waals surface area contributed by atoms with Crippen LogP contribution < -0.4 is 0 Å². The van der Waals surface area contributed by atoms with Crippen molar-refractivity contribution in [1.29, 1.82) is 0 Å². The Morgan fingerprint density at radius 1 is 1.78 bits per heavy atom. The van der Waals surface area contributed by atoms with E-state index in [1.54, 1.807) is 0 Å². The molecule has 0 bridgehead atoms. The quantitative estimate of drug-likeness (QED) is 0.410. The summed E-state index contributed by atoms with van der Waals surface area (Å²) < 4.78 is 4.64. The fraction of sp³-hybridized carbons (Fsp3) is 0.833. The van der Waals surface area contributed by atoms with Crippen LogP contribution in [0.5, 0.6) is 0 Å². The molecule has 0 fully saturated rings. The van der Waals surface area contributed by atoms with Crippen molar-refractivity contribution in [3.8, 4) is 0 Å². The lowest BCUT2D eigenvalue weighted by Gasteiger charge is -2.20. The van der Waals surface area contributed by atoms with Crippen molar-refractivity contribution in [3.05, 3.63) is 0 Å². The average Bonchev–Trinajstić information content (AvgIpc) is 1.87. The van der Waals surface area contributed by atoms with Crippen LogP contribution in [0.4, 0.5) is 0 Å². The summed E-state index contributed by atoms with van der Waals surface area (Å²) in [4.78, 5) is 11.7. The molecule has 0 spiro atoms. The molecule has 0 aliphatic carbocycles. The maximum atomic E-state index is 9.79. The number of carbonyl (C=O) groups is 1. The van der Waals surface area contributed by atoms with Gasteiger partial charge >= 0.3 is 0 Å². The highest BCUT2D eigenvalue weighted by Crippen LogP contribution is 1.92. The lowest BCUT2D eigenvalue weighted by molar-refractivity contribution is -0.140. The third-order valence-corrected chi connectivity index (χ3v) is 1.37. The molecule has 9 heavy (non-hydrogen) atoms. The first kappa shape index (κ1) is 8.43. The molecule has 0 aromatic rings. The topological polar surface area (TPSA) is 29.5 Å². The van der Waals surface area contributed by atoms with E-state index in [1.807, 2.05) is 25.8 Å². The van der Waals surface area contributed by atoms with Crippen molar-refractivity contribution < 1.29 is 9.53 Å². The van der Waals surface area contributed by atoms with Gasteiger partial charge in [-0.1, -0.05) is 6.92 Å². The van der Waals surface area contributed by atoms with E-state index in [1.165, 1.54) is 0 Å². The van der Waals surface area contributed by atoms with Gasteiger partial charge in [-0.3, -0.25) is 9.69 Å². The van der Waals surface area contributed by atoms with Crippen LogP contribution in [0, 0.1) is 0 Å². The summed E-state index contributed by atoms with van der Waals surface area (Å²) >= 11 is 0. The summed E-state index contributed by atoms with van der Waals surface area (Å²) in [6.07, 6.45) is -0.104. The molecule has 54 valence electrons. The van der Waals surface area contributed by atoms with E-state index in [-0.39, 0.29) is 6.23 Å². The Hall–Kier alpha value is -0.570. The van der Waals surface area contributed by atoms with E-state index < -0.39 is 0 Å². The molecule has 0 heterocycles. The Labute approximate surface area is 55.6 Å². The second kappa shape index (κ2) is 4.32. The molecule has 0 amide bonds. The Bertz CT molecular complexity index is 85.1. The molecule has 0 saturated heterocycles. The van der Waals surface area contributed by atoms with Crippen molar-refractivity contribution in [3.63, 3.8) is 0 Å². The van der Waals surface area contributed by atoms with E-state index in [9.17, 15) is 4.79 Å². The Kier molecular flexibility index (Phi) is 4.05. The smallest absolute Gasteiger partial charge is 0.294 e. The monoisotopic (exact) mass is 131 g/mol. The number of carbonyl (C=O) groups excluding carboxylic acids is 1. The zero-order chi connectivity index (χ0) is 7.28. The van der Waals surface area contributed by atoms with Crippen molar-refractivity contribution >= 4 is 6.47 Å². The number of hydrogen-bond donors (Lipinski definition) is 0. The normalized spacial score (nSPS) is 13.3. The Morgan fingerprint density at radius 2 is 2.33 bits per heavy atom. The number of nitrogens with zero attached hydrogens (tertiary/aromatic N) is 1. The summed E-state index contributed by atoms with van der Waals surface area (Å²) in [6, 6.07) is 0. The molecular formula is C6H13NO2. The molecule has 0 saturated carbocycles. The van der Waals surface area contributed by atoms with Gasteiger partial charge in [-0.15, -0.1) is 0 Å². The van der Waals surface area contributed by atoms with E-state index in [0.717, 1.165) is 6.54 Å². The Balaban J connectivity index is 3.44. The predicted molar refractivity (Wildman–Crippen MR) is 34.9 cm³/mol. The second-order valence-corrected chi connectivity index (χ2v) is 1.90. The minimum atomic E-state index is -0.104. The fourth-order valence-electron chi connectivity index (χ4n) is 0.441. The summed E-state index contributed by atoms with van der Waals surface area (Å²) in [6.45, 7) is 5.19. The largest absolute Gasteiger partial charge is 0.449 e. The minimum Gasteiger partial charge on any atom is -0.449 e. The Morgan fingerprint density at radius 3 is 2.67 bits per heavy atom. The molecule has 0 aromatic heterocycles. The lowest BCUT2D eigenvalue weighted by atomic mass is 10.5. The number of ether oxygens (including phenoxy) is 1. The minimum absolute atomic E-state index is 0.104. The van der Waals surface area contributed by atoms with Crippen molar-refractivity contribution in [2.24, 2.45) is 0 Å². The highest BCUT2D eigenvalue weighted by Gasteiger charge is 2.04. The van der Waals surface area contributed by atoms with E-state index in [2.05, 4.69) is 4.74 Å². The molecule has 1 unspecified atom stereocenters. The summed E-state index contributed by atoms with van der Waals surface area (Å²) in [5.74, 6) is 0. The van der Waals surface area contributed by atoms with Crippen LogP contribution in [0.25, 0.3) is 0 Å². The van der Waals surface area contributed by atoms with Crippen molar-refractivity contribution in [2.45, 2.75) is 20.1 Å². The van der Waals surface area contributed by atoms with Crippen LogP contribution >= 0.6 is 0 Å². The van der Waals surface area contributed by atoms with E-state index in [4.69, 9.17) is 0 Å². The van der Waals surface area contributed by atoms with Gasteiger partial charge in [-0.05, 0) is 20.5 Å². The molecule has 3 nitrogen and oxygen atoms in total. The zero-order valence-electron chi connectivity index (χ0n) is 6.13. The third kappa shape index (κ3) is 3.08. The predicted octanol–water partition coefficient (Wildman–Crippen LogP) is 0.457. The maximum absolute atomic E-state index is 9.79. The average molecular weight is 131 g/mol. The van der Waals surface area contributed by atoms with Gasteiger partial charge in [0.1, 0.15) is 0 Å². The van der Waals surface area contributed by atoms with Crippen molar-refractivity contribution in [1.82, 2.24) is 4.90 Å². The van der Waals surface area contributed by atoms with Crippen LogP contribution in [-0.4, -0.2) is 31.2 Å². The van der Waals surface area contributed by atoms with Crippen LogP contribution in [0.1, 0.15) is 13.8 Å². The summed E-state index contributed by atoms with van der Waals surface area (Å²) in [7, 11) is 1.90. The van der Waals surface area contributed by atoms with Gasteiger partial charge in [-0.2, -0.15) is 0 Å². The lowest BCUT2D eigenvalue weighted by Crippen LogP contribution is -2.30. The number of rotatable bonds is 4. The first-order valence-electron chi connectivity index (χ1n) is 3.01. The summed E-state index contributed by atoms with van der Waals surface area (Å²) in [5, 5.41) is 0. The zero-order valence-corrected chi connectivity index (χ0v) is 6.13. The second-order valence-electron chi connectivity index (χ2n) is 1.90. The first-order valence-corrected chi connectivity index (χ1v) is 3.01.